The summed E-state index contributed by atoms with van der Waals surface area (Å²) in [6, 6.07) is 9.61. The third-order valence-electron chi connectivity index (χ3n) is 5.88. The summed E-state index contributed by atoms with van der Waals surface area (Å²) < 4.78 is 32.9. The van der Waals surface area contributed by atoms with Crippen LogP contribution in [0.4, 0.5) is 5.82 Å². The van der Waals surface area contributed by atoms with Gasteiger partial charge in [-0.1, -0.05) is 35.9 Å². The molecule has 1 fully saturated rings. The molecule has 174 valence electrons. The van der Waals surface area contributed by atoms with Gasteiger partial charge >= 0.3 is 0 Å². The van der Waals surface area contributed by atoms with Crippen molar-refractivity contribution in [2.24, 2.45) is 0 Å². The highest BCUT2D eigenvalue weighted by molar-refractivity contribution is 7.92. The molecule has 1 amide bonds. The van der Waals surface area contributed by atoms with Crippen LogP contribution in [0.3, 0.4) is 0 Å². The smallest absolute Gasteiger partial charge is 0.255 e. The summed E-state index contributed by atoms with van der Waals surface area (Å²) in [7, 11) is -1.98. The topological polar surface area (TPSA) is 92.5 Å². The first-order chi connectivity index (χ1) is 15.7. The van der Waals surface area contributed by atoms with E-state index in [2.05, 4.69) is 11.9 Å². The number of allylic oxidation sites excluding steroid dienone is 1. The lowest BCUT2D eigenvalue weighted by Crippen LogP contribution is -2.32. The number of hydrogen-bond acceptors (Lipinski definition) is 5. The number of anilines is 1. The number of nitrogens with zero attached hydrogens (tertiary/aromatic N) is 2. The number of unbranched alkanes of at least 4 members (excludes halogenated alkanes) is 1. The summed E-state index contributed by atoms with van der Waals surface area (Å²) in [5.41, 5.74) is 3.36. The zero-order valence-corrected chi connectivity index (χ0v) is 20.0. The van der Waals surface area contributed by atoms with E-state index in [9.17, 15) is 13.2 Å². The molecule has 0 radical (unpaired) electrons. The van der Waals surface area contributed by atoms with Gasteiger partial charge in [-0.2, -0.15) is 4.98 Å². The Morgan fingerprint density at radius 3 is 2.58 bits per heavy atom. The third kappa shape index (κ3) is 4.66. The lowest BCUT2D eigenvalue weighted by atomic mass is 10.0. The van der Waals surface area contributed by atoms with Gasteiger partial charge in [0.1, 0.15) is 11.6 Å². The van der Waals surface area contributed by atoms with Crippen LogP contribution in [0.15, 0.2) is 47.4 Å². The highest BCUT2D eigenvalue weighted by Gasteiger charge is 2.34. The van der Waals surface area contributed by atoms with Crippen LogP contribution in [-0.2, 0) is 10.0 Å². The van der Waals surface area contributed by atoms with Gasteiger partial charge in [0.2, 0.25) is 15.7 Å². The average molecular weight is 468 g/mol. The Labute approximate surface area is 194 Å². The number of amides is 1. The van der Waals surface area contributed by atoms with E-state index in [0.29, 0.717) is 41.9 Å². The molecule has 0 atom stereocenters. The molecule has 33 heavy (non-hydrogen) atoms. The van der Waals surface area contributed by atoms with Crippen LogP contribution in [0, 0.1) is 6.92 Å². The second-order valence-electron chi connectivity index (χ2n) is 8.55. The maximum absolute atomic E-state index is 12.9. The normalized spacial score (nSPS) is 13.8. The van der Waals surface area contributed by atoms with Crippen LogP contribution in [0.1, 0.15) is 53.1 Å². The Morgan fingerprint density at radius 2 is 2.00 bits per heavy atom. The number of carbonyl (C=O) groups excluding carboxylic acids is 1. The number of carbonyl (C=O) groups is 1. The molecule has 1 aliphatic rings. The van der Waals surface area contributed by atoms with Gasteiger partial charge in [-0.25, -0.2) is 8.42 Å². The van der Waals surface area contributed by atoms with Crippen LogP contribution >= 0.6 is 0 Å². The summed E-state index contributed by atoms with van der Waals surface area (Å²) in [5, 5.41) is 3.29. The molecule has 8 heteroatoms. The van der Waals surface area contributed by atoms with Crippen molar-refractivity contribution in [1.82, 2.24) is 10.3 Å². The van der Waals surface area contributed by atoms with Crippen LogP contribution in [-0.4, -0.2) is 39.2 Å². The summed E-state index contributed by atoms with van der Waals surface area (Å²) in [6.45, 7) is 6.02. The number of pyridine rings is 1. The molecule has 2 aromatic heterocycles. The maximum atomic E-state index is 12.9. The Balaban J connectivity index is 1.94. The average Bonchev–Trinajstić information content (AvgIpc) is 3.55. The second-order valence-corrected chi connectivity index (χ2v) is 10.5. The van der Waals surface area contributed by atoms with Gasteiger partial charge in [0.05, 0.1) is 17.2 Å². The van der Waals surface area contributed by atoms with Gasteiger partial charge < -0.3 is 9.73 Å². The molecule has 3 aromatic rings. The van der Waals surface area contributed by atoms with E-state index in [1.165, 1.54) is 10.6 Å². The molecule has 0 saturated heterocycles. The number of rotatable bonds is 9. The van der Waals surface area contributed by atoms with Gasteiger partial charge in [0, 0.05) is 19.2 Å². The van der Waals surface area contributed by atoms with Crippen molar-refractivity contribution in [2.75, 3.05) is 24.2 Å². The first kappa shape index (κ1) is 23.0. The molecule has 0 spiro atoms. The zero-order valence-electron chi connectivity index (χ0n) is 19.2. The minimum Gasteiger partial charge on any atom is -0.437 e. The van der Waals surface area contributed by atoms with Crippen molar-refractivity contribution >= 4 is 32.8 Å². The molecule has 1 saturated carbocycles. The number of fused-ring (bicyclic) bond motifs is 1. The van der Waals surface area contributed by atoms with E-state index >= 15 is 0 Å². The van der Waals surface area contributed by atoms with Crippen molar-refractivity contribution in [3.05, 3.63) is 59.7 Å². The number of sulfonamides is 1. The number of benzene rings is 1. The number of hydrogen-bond donors (Lipinski definition) is 1. The van der Waals surface area contributed by atoms with Crippen LogP contribution < -0.4 is 9.62 Å². The molecular weight excluding hydrogens is 438 g/mol. The fourth-order valence-corrected chi connectivity index (χ4v) is 4.91. The van der Waals surface area contributed by atoms with E-state index in [1.54, 1.807) is 13.1 Å². The fourth-order valence-electron chi connectivity index (χ4n) is 3.99. The predicted octanol–water partition coefficient (Wildman–Crippen LogP) is 4.77. The first-order valence-corrected chi connectivity index (χ1v) is 12.9. The second kappa shape index (κ2) is 9.02. The van der Waals surface area contributed by atoms with Gasteiger partial charge in [-0.05, 0) is 50.2 Å². The first-order valence-electron chi connectivity index (χ1n) is 11.1. The van der Waals surface area contributed by atoms with Crippen molar-refractivity contribution < 1.29 is 17.6 Å². The summed E-state index contributed by atoms with van der Waals surface area (Å²) >= 11 is 0. The maximum Gasteiger partial charge on any atom is 0.255 e. The van der Waals surface area contributed by atoms with Crippen LogP contribution in [0.25, 0.3) is 22.4 Å². The SMILES string of the molecule is C=CCCCN(c1nc2oc(-c3ccc(C)cc3)c(C(=O)NC)c2cc1C1CC1)S(C)(=O)=O. The number of aryl methyl sites for hydroxylation is 1. The monoisotopic (exact) mass is 467 g/mol. The minimum atomic E-state index is -3.56. The molecule has 0 unspecified atom stereocenters. The van der Waals surface area contributed by atoms with Gasteiger partial charge in [0.15, 0.2) is 0 Å². The van der Waals surface area contributed by atoms with Crippen molar-refractivity contribution in [3.63, 3.8) is 0 Å². The highest BCUT2D eigenvalue weighted by atomic mass is 32.2. The number of furan rings is 1. The Morgan fingerprint density at radius 1 is 1.30 bits per heavy atom. The summed E-state index contributed by atoms with van der Waals surface area (Å²) in [6.07, 6.45) is 6.22. The van der Waals surface area contributed by atoms with Crippen LogP contribution in [0.2, 0.25) is 0 Å². The lowest BCUT2D eigenvalue weighted by molar-refractivity contribution is 0.0964. The summed E-state index contributed by atoms with van der Waals surface area (Å²) in [5.74, 6) is 0.764. The zero-order chi connectivity index (χ0) is 23.8. The predicted molar refractivity (Wildman–Crippen MR) is 131 cm³/mol. The van der Waals surface area contributed by atoms with E-state index < -0.39 is 10.0 Å². The third-order valence-corrected chi connectivity index (χ3v) is 7.04. The molecule has 0 aliphatic heterocycles. The van der Waals surface area contributed by atoms with Crippen molar-refractivity contribution in [2.45, 2.75) is 38.5 Å². The molecule has 1 aliphatic carbocycles. The van der Waals surface area contributed by atoms with E-state index in [4.69, 9.17) is 9.40 Å². The molecule has 1 N–H and O–H groups in total. The molecule has 0 bridgehead atoms. The standard InChI is InChI=1S/C25H29N3O4S/c1-5-6-7-14-28(33(4,30)31)23-19(17-12-13-17)15-20-21(24(29)26-3)22(32-25(20)27-23)18-10-8-16(2)9-11-18/h5,8-11,15,17H,1,6-7,12-14H2,2-4H3,(H,26,29). The highest BCUT2D eigenvalue weighted by Crippen LogP contribution is 2.46. The minimum absolute atomic E-state index is 0.218. The largest absolute Gasteiger partial charge is 0.437 e. The Kier molecular flexibility index (Phi) is 6.30. The van der Waals surface area contributed by atoms with E-state index in [1.807, 2.05) is 37.3 Å². The quantitative estimate of drug-likeness (QED) is 0.361. The Hall–Kier alpha value is -3.13. The van der Waals surface area contributed by atoms with Crippen LogP contribution in [0.5, 0.6) is 0 Å². The van der Waals surface area contributed by atoms with Crippen molar-refractivity contribution in [1.29, 1.82) is 0 Å². The van der Waals surface area contributed by atoms with Crippen molar-refractivity contribution in [3.8, 4) is 11.3 Å². The molecule has 1 aromatic carbocycles. The summed E-state index contributed by atoms with van der Waals surface area (Å²) in [4.78, 5) is 17.6. The molecule has 2 heterocycles. The Bertz CT molecular complexity index is 1310. The van der Waals surface area contributed by atoms with Gasteiger partial charge in [-0.15, -0.1) is 6.58 Å². The molecular formula is C25H29N3O4S. The fraction of sp³-hybridized carbons (Fsp3) is 0.360. The van der Waals surface area contributed by atoms with E-state index in [0.717, 1.165) is 29.5 Å². The molecule has 4 rings (SSSR count). The molecule has 7 nitrogen and oxygen atoms in total. The van der Waals surface area contributed by atoms with E-state index in [-0.39, 0.29) is 17.5 Å². The van der Waals surface area contributed by atoms with Gasteiger partial charge in [0.25, 0.3) is 5.91 Å². The number of nitrogens with one attached hydrogen (secondary N) is 1. The van der Waals surface area contributed by atoms with Gasteiger partial charge in [-0.3, -0.25) is 9.10 Å². The lowest BCUT2D eigenvalue weighted by Gasteiger charge is -2.23. The number of aromatic nitrogens is 1.